The van der Waals surface area contributed by atoms with Gasteiger partial charge in [0, 0.05) is 18.0 Å². The molecular formula is C34H47N3O6. The molecule has 2 bridgehead atoms. The Labute approximate surface area is 254 Å². The van der Waals surface area contributed by atoms with Gasteiger partial charge in [-0.15, -0.1) is 5.10 Å². The number of aromatic nitrogens is 3. The molecule has 4 aliphatic carbocycles. The van der Waals surface area contributed by atoms with Gasteiger partial charge in [-0.1, -0.05) is 25.5 Å². The van der Waals surface area contributed by atoms with Crippen LogP contribution in [0.4, 0.5) is 0 Å². The van der Waals surface area contributed by atoms with Crippen LogP contribution in [-0.4, -0.2) is 52.2 Å². The molecular weight excluding hydrogens is 546 g/mol. The maximum absolute atomic E-state index is 13.3. The zero-order valence-corrected chi connectivity index (χ0v) is 26.3. The van der Waals surface area contributed by atoms with Gasteiger partial charge < -0.3 is 19.3 Å². The number of nitrogens with zero attached hydrogens (tertiary/aromatic N) is 3. The first-order chi connectivity index (χ1) is 20.5. The third kappa shape index (κ3) is 4.68. The van der Waals surface area contributed by atoms with Crippen molar-refractivity contribution in [3.05, 3.63) is 35.7 Å². The summed E-state index contributed by atoms with van der Waals surface area (Å²) in [6.45, 7) is 10.0. The SMILES string of the molecule is CCOC(=O)[C@]1(C)CCC[C@@]2(C)[C@@H]3CC[C@@]4(C)C[C@]3(CC[C@@H]21)[C@H](Cn1cc(COc2ccc(C=O)cc2OC)nn1)[C@H]4O. The summed E-state index contributed by atoms with van der Waals surface area (Å²) < 4.78 is 18.9. The average molecular weight is 594 g/mol. The van der Waals surface area contributed by atoms with E-state index in [1.54, 1.807) is 25.3 Å². The van der Waals surface area contributed by atoms with E-state index in [4.69, 9.17) is 14.2 Å². The highest BCUT2D eigenvalue weighted by molar-refractivity contribution is 5.77. The number of methoxy groups -OCH3 is 1. The van der Waals surface area contributed by atoms with Crippen molar-refractivity contribution in [1.29, 1.82) is 0 Å². The Kier molecular flexibility index (Phi) is 7.63. The fraction of sp³-hybridized carbons (Fsp3) is 0.706. The van der Waals surface area contributed by atoms with Crippen LogP contribution in [0, 0.1) is 39.4 Å². The molecule has 6 rings (SSSR count). The molecule has 4 aliphatic rings. The summed E-state index contributed by atoms with van der Waals surface area (Å²) in [5.41, 5.74) is 0.673. The Morgan fingerprint density at radius 1 is 1.12 bits per heavy atom. The van der Waals surface area contributed by atoms with Gasteiger partial charge in [-0.3, -0.25) is 14.3 Å². The third-order valence-corrected chi connectivity index (χ3v) is 12.3. The number of aliphatic hydroxyl groups excluding tert-OH is 1. The number of hydrogen-bond acceptors (Lipinski definition) is 8. The van der Waals surface area contributed by atoms with Crippen molar-refractivity contribution in [3.8, 4) is 11.5 Å². The molecule has 2 aromatic rings. The summed E-state index contributed by atoms with van der Waals surface area (Å²) in [6.07, 6.45) is 10.5. The minimum absolute atomic E-state index is 0.000877. The lowest BCUT2D eigenvalue weighted by atomic mass is 9.39. The Hall–Kier alpha value is -2.94. The van der Waals surface area contributed by atoms with E-state index >= 15 is 0 Å². The molecule has 4 fully saturated rings. The zero-order valence-electron chi connectivity index (χ0n) is 26.3. The van der Waals surface area contributed by atoms with Gasteiger partial charge in [0.2, 0.25) is 0 Å². The predicted octanol–water partition coefficient (Wildman–Crippen LogP) is 5.63. The van der Waals surface area contributed by atoms with Gasteiger partial charge in [0.15, 0.2) is 11.5 Å². The van der Waals surface area contributed by atoms with E-state index in [0.29, 0.717) is 47.7 Å². The van der Waals surface area contributed by atoms with Crippen LogP contribution in [0.15, 0.2) is 24.4 Å². The second-order valence-electron chi connectivity index (χ2n) is 14.5. The molecule has 43 heavy (non-hydrogen) atoms. The molecule has 1 heterocycles. The van der Waals surface area contributed by atoms with Gasteiger partial charge in [0.05, 0.1) is 31.4 Å². The van der Waals surface area contributed by atoms with Crippen molar-refractivity contribution in [1.82, 2.24) is 15.0 Å². The maximum Gasteiger partial charge on any atom is 0.312 e. The number of aliphatic hydroxyl groups is 1. The zero-order chi connectivity index (χ0) is 30.6. The number of hydrogen-bond donors (Lipinski definition) is 1. The summed E-state index contributed by atoms with van der Waals surface area (Å²) in [5, 5.41) is 20.8. The molecule has 0 aliphatic heterocycles. The van der Waals surface area contributed by atoms with E-state index in [-0.39, 0.29) is 34.7 Å². The molecule has 0 saturated heterocycles. The van der Waals surface area contributed by atoms with E-state index in [1.807, 2.05) is 17.8 Å². The van der Waals surface area contributed by atoms with Crippen molar-refractivity contribution >= 4 is 12.3 Å². The van der Waals surface area contributed by atoms with Crippen LogP contribution in [0.2, 0.25) is 0 Å². The van der Waals surface area contributed by atoms with Crippen LogP contribution < -0.4 is 9.47 Å². The summed E-state index contributed by atoms with van der Waals surface area (Å²) in [7, 11) is 1.54. The monoisotopic (exact) mass is 593 g/mol. The van der Waals surface area contributed by atoms with Crippen molar-refractivity contribution in [2.24, 2.45) is 39.4 Å². The molecule has 1 aromatic heterocycles. The molecule has 1 N–H and O–H groups in total. The molecule has 1 spiro atoms. The second-order valence-corrected chi connectivity index (χ2v) is 14.5. The number of rotatable bonds is 9. The fourth-order valence-corrected chi connectivity index (χ4v) is 10.5. The van der Waals surface area contributed by atoms with E-state index in [2.05, 4.69) is 31.1 Å². The lowest BCUT2D eigenvalue weighted by molar-refractivity contribution is -0.192. The number of esters is 1. The minimum Gasteiger partial charge on any atom is -0.493 e. The normalized spacial score (nSPS) is 38.1. The van der Waals surface area contributed by atoms with Gasteiger partial charge in [-0.25, -0.2) is 0 Å². The first kappa shape index (κ1) is 30.1. The summed E-state index contributed by atoms with van der Waals surface area (Å²) in [5.74, 6) is 1.78. The summed E-state index contributed by atoms with van der Waals surface area (Å²) >= 11 is 0. The van der Waals surface area contributed by atoms with Crippen LogP contribution in [-0.2, 0) is 22.7 Å². The van der Waals surface area contributed by atoms with Gasteiger partial charge in [0.1, 0.15) is 18.6 Å². The van der Waals surface area contributed by atoms with Crippen LogP contribution in [0.3, 0.4) is 0 Å². The van der Waals surface area contributed by atoms with Gasteiger partial charge in [0.25, 0.3) is 0 Å². The van der Waals surface area contributed by atoms with Gasteiger partial charge in [-0.05, 0) is 105 Å². The Bertz CT molecular complexity index is 1380. The highest BCUT2D eigenvalue weighted by Gasteiger charge is 2.71. The van der Waals surface area contributed by atoms with Crippen molar-refractivity contribution in [3.63, 3.8) is 0 Å². The molecule has 0 unspecified atom stereocenters. The van der Waals surface area contributed by atoms with E-state index in [1.165, 1.54) is 0 Å². The molecule has 0 amide bonds. The first-order valence-electron chi connectivity index (χ1n) is 16.0. The lowest BCUT2D eigenvalue weighted by Gasteiger charge is -2.65. The first-order valence-corrected chi connectivity index (χ1v) is 16.0. The summed E-state index contributed by atoms with van der Waals surface area (Å²) in [4.78, 5) is 24.5. The molecule has 9 heteroatoms. The maximum atomic E-state index is 13.3. The second kappa shape index (κ2) is 10.9. The van der Waals surface area contributed by atoms with E-state index in [9.17, 15) is 14.7 Å². The minimum atomic E-state index is -0.449. The highest BCUT2D eigenvalue weighted by atomic mass is 16.5. The molecule has 4 saturated carbocycles. The molecule has 234 valence electrons. The average Bonchev–Trinajstić information content (AvgIpc) is 3.50. The van der Waals surface area contributed by atoms with Crippen molar-refractivity contribution in [2.45, 2.75) is 98.3 Å². The van der Waals surface area contributed by atoms with Crippen molar-refractivity contribution in [2.75, 3.05) is 13.7 Å². The number of aldehydes is 1. The Morgan fingerprint density at radius 2 is 1.91 bits per heavy atom. The van der Waals surface area contributed by atoms with Crippen LogP contribution in [0.5, 0.6) is 11.5 Å². The molecule has 9 nitrogen and oxygen atoms in total. The van der Waals surface area contributed by atoms with Gasteiger partial charge in [-0.2, -0.15) is 0 Å². The number of carbonyl (C=O) groups excluding carboxylic acids is 2. The topological polar surface area (TPSA) is 113 Å². The van der Waals surface area contributed by atoms with Crippen LogP contribution in [0.1, 0.15) is 95.1 Å². The predicted molar refractivity (Wildman–Crippen MR) is 160 cm³/mol. The number of ether oxygens (including phenoxy) is 3. The highest BCUT2D eigenvalue weighted by Crippen LogP contribution is 2.75. The number of fused-ring (bicyclic) bond motifs is 3. The number of carbonyl (C=O) groups is 2. The van der Waals surface area contributed by atoms with E-state index in [0.717, 1.165) is 57.7 Å². The standard InChI is InChI=1S/C34H47N3O6/c1-6-42-30(40)33(4)13-7-12-32(3)27(33)11-15-34-21-31(2,14-10-28(32)34)29(39)24(34)18-37-17-23(35-36-37)20-43-25-9-8-22(19-38)16-26(25)41-5/h8-9,16-17,19,24,27-29,39H,6-7,10-15,18,20-21H2,1-5H3/t24-,27+,28+,29-,31+,32-,33-,34-/m1/s1. The van der Waals surface area contributed by atoms with Crippen molar-refractivity contribution < 1.29 is 28.9 Å². The number of benzene rings is 1. The van der Waals surface area contributed by atoms with Crippen LogP contribution in [0.25, 0.3) is 0 Å². The molecule has 0 radical (unpaired) electrons. The fourth-order valence-electron chi connectivity index (χ4n) is 10.5. The smallest absolute Gasteiger partial charge is 0.312 e. The van der Waals surface area contributed by atoms with E-state index < -0.39 is 11.5 Å². The summed E-state index contributed by atoms with van der Waals surface area (Å²) in [6, 6.07) is 5.05. The largest absolute Gasteiger partial charge is 0.493 e. The lowest BCUT2D eigenvalue weighted by Crippen LogP contribution is -2.60. The van der Waals surface area contributed by atoms with Gasteiger partial charge >= 0.3 is 5.97 Å². The van der Waals surface area contributed by atoms with Crippen LogP contribution >= 0.6 is 0 Å². The third-order valence-electron chi connectivity index (χ3n) is 12.3. The molecule has 8 atom stereocenters. The Morgan fingerprint density at radius 3 is 2.65 bits per heavy atom. The molecule has 1 aromatic carbocycles. The Balaban J connectivity index is 1.23. The quantitative estimate of drug-likeness (QED) is 0.294.